The first-order valence-corrected chi connectivity index (χ1v) is 11.6. The summed E-state index contributed by atoms with van der Waals surface area (Å²) in [4.78, 5) is 12.1. The third-order valence-electron chi connectivity index (χ3n) is 5.89. The standard InChI is InChI=1S/C26H33BrO3/c1-17(25(28)29-5)22-8-6-7-19-10-11-21(14-23(19)22)30-16-18-9-12-24(27)20(13-18)15-26(2,3)4/h9-14,17,22H,6-8,15-16H2,1-5H3/t17-,22?/m0/s1. The largest absolute Gasteiger partial charge is 0.489 e. The van der Waals surface area contributed by atoms with Crippen LogP contribution in [-0.2, 0) is 29.0 Å². The molecule has 4 heteroatoms. The van der Waals surface area contributed by atoms with Gasteiger partial charge in [0.05, 0.1) is 13.0 Å². The maximum atomic E-state index is 12.1. The Morgan fingerprint density at radius 2 is 1.97 bits per heavy atom. The zero-order chi connectivity index (χ0) is 21.9. The molecule has 0 spiro atoms. The van der Waals surface area contributed by atoms with E-state index in [0.29, 0.717) is 6.61 Å². The number of benzene rings is 2. The Hall–Kier alpha value is -1.81. The Morgan fingerprint density at radius 1 is 1.20 bits per heavy atom. The maximum Gasteiger partial charge on any atom is 0.308 e. The van der Waals surface area contributed by atoms with E-state index >= 15 is 0 Å². The first-order chi connectivity index (χ1) is 14.2. The van der Waals surface area contributed by atoms with E-state index in [1.807, 2.05) is 6.92 Å². The molecule has 0 saturated carbocycles. The number of aryl methyl sites for hydroxylation is 1. The van der Waals surface area contributed by atoms with Crippen LogP contribution in [0.15, 0.2) is 40.9 Å². The molecule has 3 rings (SSSR count). The van der Waals surface area contributed by atoms with Crippen LogP contribution in [0.25, 0.3) is 0 Å². The van der Waals surface area contributed by atoms with E-state index in [0.717, 1.165) is 41.5 Å². The molecule has 1 unspecified atom stereocenters. The average Bonchev–Trinajstić information content (AvgIpc) is 2.71. The van der Waals surface area contributed by atoms with Crippen LogP contribution in [0.3, 0.4) is 0 Å². The molecule has 0 N–H and O–H groups in total. The second-order valence-electron chi connectivity index (χ2n) is 9.62. The van der Waals surface area contributed by atoms with E-state index in [2.05, 4.69) is 73.1 Å². The smallest absolute Gasteiger partial charge is 0.308 e. The molecule has 0 amide bonds. The number of methoxy groups -OCH3 is 1. The van der Waals surface area contributed by atoms with Gasteiger partial charge in [-0.25, -0.2) is 0 Å². The Balaban J connectivity index is 1.76. The number of ether oxygens (including phenoxy) is 2. The molecule has 2 aromatic carbocycles. The molecule has 2 aromatic rings. The van der Waals surface area contributed by atoms with Crippen molar-refractivity contribution in [2.75, 3.05) is 7.11 Å². The second kappa shape index (κ2) is 9.55. The fraction of sp³-hybridized carbons (Fsp3) is 0.500. The summed E-state index contributed by atoms with van der Waals surface area (Å²) in [6.07, 6.45) is 4.18. The summed E-state index contributed by atoms with van der Waals surface area (Å²) in [6, 6.07) is 12.8. The van der Waals surface area contributed by atoms with Crippen molar-refractivity contribution < 1.29 is 14.3 Å². The molecule has 0 heterocycles. The third kappa shape index (κ3) is 5.66. The Labute approximate surface area is 189 Å². The van der Waals surface area contributed by atoms with Crippen LogP contribution in [0.1, 0.15) is 68.7 Å². The van der Waals surface area contributed by atoms with Gasteiger partial charge in [0, 0.05) is 4.47 Å². The van der Waals surface area contributed by atoms with Crippen molar-refractivity contribution >= 4 is 21.9 Å². The van der Waals surface area contributed by atoms with Crippen molar-refractivity contribution in [3.63, 3.8) is 0 Å². The molecule has 0 bridgehead atoms. The summed E-state index contributed by atoms with van der Waals surface area (Å²) in [5.41, 5.74) is 5.26. The summed E-state index contributed by atoms with van der Waals surface area (Å²) >= 11 is 3.68. The molecule has 162 valence electrons. The lowest BCUT2D eigenvalue weighted by atomic mass is 9.76. The minimum Gasteiger partial charge on any atom is -0.489 e. The molecule has 0 aromatic heterocycles. The quantitative estimate of drug-likeness (QED) is 0.431. The molecule has 0 radical (unpaired) electrons. The maximum absolute atomic E-state index is 12.1. The highest BCUT2D eigenvalue weighted by molar-refractivity contribution is 9.10. The van der Waals surface area contributed by atoms with Crippen LogP contribution < -0.4 is 4.74 Å². The Morgan fingerprint density at radius 3 is 2.67 bits per heavy atom. The molecule has 1 aliphatic carbocycles. The number of halogens is 1. The highest BCUT2D eigenvalue weighted by atomic mass is 79.9. The minimum atomic E-state index is -0.143. The van der Waals surface area contributed by atoms with Crippen molar-refractivity contribution in [2.24, 2.45) is 11.3 Å². The molecule has 3 nitrogen and oxygen atoms in total. The summed E-state index contributed by atoms with van der Waals surface area (Å²) in [5.74, 6) is 0.768. The Kier molecular flexibility index (Phi) is 7.28. The lowest BCUT2D eigenvalue weighted by Crippen LogP contribution is -2.24. The monoisotopic (exact) mass is 472 g/mol. The van der Waals surface area contributed by atoms with Crippen LogP contribution in [0.4, 0.5) is 0 Å². The number of rotatable bonds is 6. The van der Waals surface area contributed by atoms with Crippen LogP contribution in [-0.4, -0.2) is 13.1 Å². The Bertz CT molecular complexity index is 898. The number of hydrogen-bond donors (Lipinski definition) is 0. The molecule has 2 atom stereocenters. The number of carbonyl (C=O) groups excluding carboxylic acids is 1. The van der Waals surface area contributed by atoms with Crippen molar-refractivity contribution in [2.45, 2.75) is 65.9 Å². The van der Waals surface area contributed by atoms with Gasteiger partial charge in [0.25, 0.3) is 0 Å². The van der Waals surface area contributed by atoms with E-state index in [1.165, 1.54) is 23.8 Å². The number of hydrogen-bond acceptors (Lipinski definition) is 3. The van der Waals surface area contributed by atoms with Gasteiger partial charge in [0.1, 0.15) is 12.4 Å². The van der Waals surface area contributed by atoms with Gasteiger partial charge in [-0.15, -0.1) is 0 Å². The van der Waals surface area contributed by atoms with Crippen molar-refractivity contribution in [3.05, 3.63) is 63.1 Å². The highest BCUT2D eigenvalue weighted by Crippen LogP contribution is 2.39. The van der Waals surface area contributed by atoms with Crippen molar-refractivity contribution in [3.8, 4) is 5.75 Å². The van der Waals surface area contributed by atoms with E-state index in [-0.39, 0.29) is 23.2 Å². The zero-order valence-electron chi connectivity index (χ0n) is 18.8. The van der Waals surface area contributed by atoms with Crippen LogP contribution in [0.2, 0.25) is 0 Å². The van der Waals surface area contributed by atoms with Gasteiger partial charge >= 0.3 is 5.97 Å². The number of esters is 1. The highest BCUT2D eigenvalue weighted by Gasteiger charge is 2.30. The summed E-state index contributed by atoms with van der Waals surface area (Å²) < 4.78 is 12.3. The summed E-state index contributed by atoms with van der Waals surface area (Å²) in [6.45, 7) is 9.25. The van der Waals surface area contributed by atoms with Crippen LogP contribution in [0, 0.1) is 11.3 Å². The summed E-state index contributed by atoms with van der Waals surface area (Å²) in [7, 11) is 1.47. The minimum absolute atomic E-state index is 0.139. The van der Waals surface area contributed by atoms with Gasteiger partial charge in [-0.1, -0.05) is 61.8 Å². The van der Waals surface area contributed by atoms with Gasteiger partial charge in [0.2, 0.25) is 0 Å². The van der Waals surface area contributed by atoms with Gasteiger partial charge < -0.3 is 9.47 Å². The fourth-order valence-electron chi connectivity index (χ4n) is 4.36. The lowest BCUT2D eigenvalue weighted by Gasteiger charge is -2.29. The van der Waals surface area contributed by atoms with Crippen LogP contribution in [0.5, 0.6) is 5.75 Å². The van der Waals surface area contributed by atoms with E-state index in [4.69, 9.17) is 9.47 Å². The normalized spacial score (nSPS) is 17.2. The first kappa shape index (κ1) is 22.9. The number of carbonyl (C=O) groups is 1. The van der Waals surface area contributed by atoms with Crippen LogP contribution >= 0.6 is 15.9 Å². The summed E-state index contributed by atoms with van der Waals surface area (Å²) in [5, 5.41) is 0. The van der Waals surface area contributed by atoms with Gasteiger partial charge in [-0.05, 0) is 77.5 Å². The topological polar surface area (TPSA) is 35.5 Å². The van der Waals surface area contributed by atoms with E-state index in [1.54, 1.807) is 0 Å². The van der Waals surface area contributed by atoms with Gasteiger partial charge in [-0.3, -0.25) is 4.79 Å². The van der Waals surface area contributed by atoms with Gasteiger partial charge in [0.15, 0.2) is 0 Å². The molecular formula is C26H33BrO3. The van der Waals surface area contributed by atoms with E-state index < -0.39 is 0 Å². The molecule has 0 aliphatic heterocycles. The predicted molar refractivity (Wildman–Crippen MR) is 125 cm³/mol. The average molecular weight is 473 g/mol. The predicted octanol–water partition coefficient (Wildman–Crippen LogP) is 6.85. The molecule has 30 heavy (non-hydrogen) atoms. The molecule has 1 aliphatic rings. The molecule has 0 saturated heterocycles. The molecular weight excluding hydrogens is 440 g/mol. The molecule has 0 fully saturated rings. The van der Waals surface area contributed by atoms with Crippen molar-refractivity contribution in [1.29, 1.82) is 0 Å². The zero-order valence-corrected chi connectivity index (χ0v) is 20.3. The van der Waals surface area contributed by atoms with Gasteiger partial charge in [-0.2, -0.15) is 0 Å². The first-order valence-electron chi connectivity index (χ1n) is 10.8. The number of fused-ring (bicyclic) bond motifs is 1. The second-order valence-corrected chi connectivity index (χ2v) is 10.5. The van der Waals surface area contributed by atoms with E-state index in [9.17, 15) is 4.79 Å². The lowest BCUT2D eigenvalue weighted by molar-refractivity contribution is -0.145. The fourth-order valence-corrected chi connectivity index (χ4v) is 4.75. The van der Waals surface area contributed by atoms with Crippen molar-refractivity contribution in [1.82, 2.24) is 0 Å². The third-order valence-corrected chi connectivity index (χ3v) is 6.66. The SMILES string of the molecule is COC(=O)[C@@H](C)C1CCCc2ccc(OCc3ccc(Br)c(CC(C)(C)C)c3)cc21.